The van der Waals surface area contributed by atoms with Crippen LogP contribution in [0, 0.1) is 12.7 Å². The molecule has 0 saturated carbocycles. The van der Waals surface area contributed by atoms with Gasteiger partial charge in [0, 0.05) is 29.7 Å². The van der Waals surface area contributed by atoms with E-state index in [0.717, 1.165) is 17.1 Å². The maximum absolute atomic E-state index is 13.0. The first-order chi connectivity index (χ1) is 13.6. The van der Waals surface area contributed by atoms with Crippen LogP contribution in [0.5, 0.6) is 0 Å². The highest BCUT2D eigenvalue weighted by Crippen LogP contribution is 2.20. The molecule has 4 rings (SSSR count). The van der Waals surface area contributed by atoms with Gasteiger partial charge in [-0.25, -0.2) is 9.37 Å². The quantitative estimate of drug-likeness (QED) is 0.545. The Labute approximate surface area is 162 Å². The van der Waals surface area contributed by atoms with E-state index in [2.05, 4.69) is 51.7 Å². The van der Waals surface area contributed by atoms with Gasteiger partial charge in [0.15, 0.2) is 0 Å². The summed E-state index contributed by atoms with van der Waals surface area (Å²) in [5.74, 6) is 1.52. The monoisotopic (exact) mass is 377 g/mol. The number of aromatic nitrogens is 4. The van der Waals surface area contributed by atoms with Crippen LogP contribution < -0.4 is 5.32 Å². The molecule has 2 heterocycles. The lowest BCUT2D eigenvalue weighted by Gasteiger charge is -2.14. The Hall–Kier alpha value is -3.32. The molecule has 7 heteroatoms. The topological polar surface area (TPSA) is 68.8 Å². The SMILES string of the molecule is Cc1nccn1-c1ccc([C@H](C)NCc2nnc(-c3ccc(F)cc3)o2)cc1. The number of hydrogen-bond acceptors (Lipinski definition) is 5. The number of nitrogens with zero attached hydrogens (tertiary/aromatic N) is 4. The first kappa shape index (κ1) is 18.1. The summed E-state index contributed by atoms with van der Waals surface area (Å²) < 4.78 is 20.7. The molecule has 4 aromatic rings. The molecular formula is C21H20FN5O. The van der Waals surface area contributed by atoms with Crippen LogP contribution in [0.15, 0.2) is 65.3 Å². The first-order valence-corrected chi connectivity index (χ1v) is 9.02. The predicted octanol–water partition coefficient (Wildman–Crippen LogP) is 4.22. The van der Waals surface area contributed by atoms with Crippen molar-refractivity contribution in [3.8, 4) is 17.1 Å². The highest BCUT2D eigenvalue weighted by Gasteiger charge is 2.11. The number of halogens is 1. The van der Waals surface area contributed by atoms with E-state index in [-0.39, 0.29) is 11.9 Å². The largest absolute Gasteiger partial charge is 0.419 e. The van der Waals surface area contributed by atoms with Crippen LogP contribution in [-0.4, -0.2) is 19.7 Å². The zero-order valence-electron chi connectivity index (χ0n) is 15.6. The Morgan fingerprint density at radius 1 is 1.07 bits per heavy atom. The van der Waals surface area contributed by atoms with Gasteiger partial charge in [-0.15, -0.1) is 10.2 Å². The molecule has 0 unspecified atom stereocenters. The van der Waals surface area contributed by atoms with Gasteiger partial charge in [0.05, 0.1) is 6.54 Å². The standard InChI is InChI=1S/C21H20FN5O/c1-14(16-5-9-19(10-6-16)27-12-11-23-15(27)2)24-13-20-25-26-21(28-20)17-3-7-18(22)8-4-17/h3-12,14,24H,13H2,1-2H3/t14-/m0/s1. The molecular weight excluding hydrogens is 357 g/mol. The van der Waals surface area contributed by atoms with E-state index >= 15 is 0 Å². The minimum Gasteiger partial charge on any atom is -0.419 e. The summed E-state index contributed by atoms with van der Waals surface area (Å²) in [6, 6.07) is 14.4. The Morgan fingerprint density at radius 2 is 1.82 bits per heavy atom. The van der Waals surface area contributed by atoms with E-state index in [9.17, 15) is 4.39 Å². The highest BCUT2D eigenvalue weighted by atomic mass is 19.1. The molecule has 142 valence electrons. The zero-order chi connectivity index (χ0) is 19.5. The van der Waals surface area contributed by atoms with Crippen LogP contribution in [0.2, 0.25) is 0 Å². The highest BCUT2D eigenvalue weighted by molar-refractivity contribution is 5.51. The van der Waals surface area contributed by atoms with Gasteiger partial charge in [0.25, 0.3) is 0 Å². The number of rotatable bonds is 6. The Balaban J connectivity index is 1.38. The van der Waals surface area contributed by atoms with Gasteiger partial charge >= 0.3 is 0 Å². The summed E-state index contributed by atoms with van der Waals surface area (Å²) in [5.41, 5.74) is 2.92. The van der Waals surface area contributed by atoms with Crippen molar-refractivity contribution in [2.24, 2.45) is 0 Å². The molecule has 0 bridgehead atoms. The lowest BCUT2D eigenvalue weighted by molar-refractivity contribution is 0.454. The number of benzene rings is 2. The van der Waals surface area contributed by atoms with Crippen molar-refractivity contribution in [2.45, 2.75) is 26.4 Å². The fourth-order valence-corrected chi connectivity index (χ4v) is 2.97. The van der Waals surface area contributed by atoms with Gasteiger partial charge in [0.1, 0.15) is 11.6 Å². The lowest BCUT2D eigenvalue weighted by atomic mass is 10.1. The van der Waals surface area contributed by atoms with Crippen LogP contribution in [0.1, 0.15) is 30.2 Å². The van der Waals surface area contributed by atoms with Gasteiger partial charge in [-0.05, 0) is 55.8 Å². The molecule has 0 spiro atoms. The minimum atomic E-state index is -0.298. The third-order valence-electron chi connectivity index (χ3n) is 4.61. The van der Waals surface area contributed by atoms with Crippen molar-refractivity contribution < 1.29 is 8.81 Å². The Kier molecular flexibility index (Phi) is 4.99. The average molecular weight is 377 g/mol. The smallest absolute Gasteiger partial charge is 0.247 e. The number of aryl methyl sites for hydroxylation is 1. The summed E-state index contributed by atoms with van der Waals surface area (Å²) in [6.07, 6.45) is 3.73. The van der Waals surface area contributed by atoms with Crippen molar-refractivity contribution in [3.63, 3.8) is 0 Å². The van der Waals surface area contributed by atoms with Gasteiger partial charge in [-0.1, -0.05) is 12.1 Å². The summed E-state index contributed by atoms with van der Waals surface area (Å²) in [6.45, 7) is 4.50. The first-order valence-electron chi connectivity index (χ1n) is 9.02. The summed E-state index contributed by atoms with van der Waals surface area (Å²) in [5, 5.41) is 11.5. The zero-order valence-corrected chi connectivity index (χ0v) is 15.6. The van der Waals surface area contributed by atoms with E-state index < -0.39 is 0 Å². The van der Waals surface area contributed by atoms with Crippen molar-refractivity contribution in [1.29, 1.82) is 0 Å². The second-order valence-corrected chi connectivity index (χ2v) is 6.55. The van der Waals surface area contributed by atoms with E-state index in [0.29, 0.717) is 23.9 Å². The van der Waals surface area contributed by atoms with Crippen LogP contribution in [-0.2, 0) is 6.54 Å². The second kappa shape index (κ2) is 7.74. The Bertz CT molecular complexity index is 1050. The predicted molar refractivity (Wildman–Crippen MR) is 103 cm³/mol. The van der Waals surface area contributed by atoms with Crippen molar-refractivity contribution in [3.05, 3.63) is 84.0 Å². The van der Waals surface area contributed by atoms with Gasteiger partial charge in [-0.2, -0.15) is 0 Å². The van der Waals surface area contributed by atoms with E-state index in [1.165, 1.54) is 12.1 Å². The number of imidazole rings is 1. The fraction of sp³-hybridized carbons (Fsp3) is 0.190. The maximum atomic E-state index is 13.0. The van der Waals surface area contributed by atoms with Gasteiger partial charge in [0.2, 0.25) is 11.8 Å². The van der Waals surface area contributed by atoms with Crippen molar-refractivity contribution >= 4 is 0 Å². The van der Waals surface area contributed by atoms with Gasteiger partial charge in [-0.3, -0.25) is 0 Å². The summed E-state index contributed by atoms with van der Waals surface area (Å²) in [4.78, 5) is 4.25. The molecule has 2 aromatic heterocycles. The summed E-state index contributed by atoms with van der Waals surface area (Å²) in [7, 11) is 0. The molecule has 1 atom stereocenters. The molecule has 0 aliphatic rings. The van der Waals surface area contributed by atoms with E-state index in [1.807, 2.05) is 17.7 Å². The minimum absolute atomic E-state index is 0.110. The molecule has 0 radical (unpaired) electrons. The number of nitrogens with one attached hydrogen (secondary N) is 1. The molecule has 0 aliphatic carbocycles. The maximum Gasteiger partial charge on any atom is 0.247 e. The van der Waals surface area contributed by atoms with Crippen molar-refractivity contribution in [1.82, 2.24) is 25.1 Å². The third-order valence-corrected chi connectivity index (χ3v) is 4.61. The normalized spacial score (nSPS) is 12.2. The van der Waals surface area contributed by atoms with Crippen LogP contribution in [0.25, 0.3) is 17.1 Å². The van der Waals surface area contributed by atoms with Crippen molar-refractivity contribution in [2.75, 3.05) is 0 Å². The third kappa shape index (κ3) is 3.84. The Morgan fingerprint density at radius 3 is 2.50 bits per heavy atom. The van der Waals surface area contributed by atoms with Crippen LogP contribution in [0.3, 0.4) is 0 Å². The fourth-order valence-electron chi connectivity index (χ4n) is 2.97. The van der Waals surface area contributed by atoms with Gasteiger partial charge < -0.3 is 14.3 Å². The molecule has 0 saturated heterocycles. The molecule has 0 fully saturated rings. The molecule has 6 nitrogen and oxygen atoms in total. The molecule has 0 aliphatic heterocycles. The van der Waals surface area contributed by atoms with Crippen LogP contribution in [0.4, 0.5) is 4.39 Å². The molecule has 0 amide bonds. The number of hydrogen-bond donors (Lipinski definition) is 1. The lowest BCUT2D eigenvalue weighted by Crippen LogP contribution is -2.18. The molecule has 28 heavy (non-hydrogen) atoms. The molecule has 2 aromatic carbocycles. The molecule has 1 N–H and O–H groups in total. The van der Waals surface area contributed by atoms with E-state index in [4.69, 9.17) is 4.42 Å². The van der Waals surface area contributed by atoms with Crippen LogP contribution >= 0.6 is 0 Å². The average Bonchev–Trinajstić information content (AvgIpc) is 3.36. The second-order valence-electron chi connectivity index (χ2n) is 6.55. The van der Waals surface area contributed by atoms with E-state index in [1.54, 1.807) is 18.3 Å². The summed E-state index contributed by atoms with van der Waals surface area (Å²) >= 11 is 0.